The largest absolute Gasteiger partial charge is 0.424 e. The van der Waals surface area contributed by atoms with E-state index in [2.05, 4.69) is 11.1 Å². The molecule has 6 rings (SSSR count). The van der Waals surface area contributed by atoms with Gasteiger partial charge in [0, 0.05) is 5.41 Å². The molecule has 3 aliphatic carbocycles. The van der Waals surface area contributed by atoms with Crippen molar-refractivity contribution in [3.63, 3.8) is 0 Å². The molecule has 1 aliphatic heterocycles. The Hall–Kier alpha value is -2.34. The molecule has 0 spiro atoms. The van der Waals surface area contributed by atoms with Gasteiger partial charge >= 0.3 is 6.18 Å². The highest BCUT2D eigenvalue weighted by Gasteiger charge is 2.55. The number of hydrogen-bond donors (Lipinski definition) is 1. The Morgan fingerprint density at radius 1 is 1.17 bits per heavy atom. The highest BCUT2D eigenvalue weighted by Crippen LogP contribution is 2.57. The summed E-state index contributed by atoms with van der Waals surface area (Å²) in [6, 6.07) is 4.17. The third-order valence-corrected chi connectivity index (χ3v) is 7.73. The van der Waals surface area contributed by atoms with Crippen molar-refractivity contribution < 1.29 is 18.3 Å². The first-order valence-corrected chi connectivity index (χ1v) is 10.4. The van der Waals surface area contributed by atoms with Gasteiger partial charge < -0.3 is 9.67 Å². The van der Waals surface area contributed by atoms with E-state index in [0.717, 1.165) is 56.8 Å². The van der Waals surface area contributed by atoms with Gasteiger partial charge in [0.2, 0.25) is 5.60 Å². The van der Waals surface area contributed by atoms with Crippen LogP contribution >= 0.6 is 0 Å². The van der Waals surface area contributed by atoms with E-state index < -0.39 is 17.6 Å². The van der Waals surface area contributed by atoms with Gasteiger partial charge in [-0.2, -0.15) is 23.5 Å². The molecule has 0 unspecified atom stereocenters. The highest BCUT2D eigenvalue weighted by molar-refractivity contribution is 5.58. The predicted molar refractivity (Wildman–Crippen MR) is 101 cm³/mol. The summed E-state index contributed by atoms with van der Waals surface area (Å²) in [5.41, 5.74) is -1.03. The monoisotopic (exact) mass is 419 g/mol. The van der Waals surface area contributed by atoms with Crippen LogP contribution in [0.25, 0.3) is 11.4 Å². The number of halogens is 3. The summed E-state index contributed by atoms with van der Waals surface area (Å²) >= 11 is 0. The van der Waals surface area contributed by atoms with Gasteiger partial charge in [-0.3, -0.25) is 4.68 Å². The fraction of sp³-hybridized carbons (Fsp3) is 0.667. The zero-order valence-corrected chi connectivity index (χ0v) is 17.0. The van der Waals surface area contributed by atoms with E-state index in [1.165, 1.54) is 10.8 Å². The van der Waals surface area contributed by atoms with Gasteiger partial charge in [0.1, 0.15) is 0 Å². The van der Waals surface area contributed by atoms with Crippen LogP contribution in [0.4, 0.5) is 13.2 Å². The fourth-order valence-corrected chi connectivity index (χ4v) is 5.57. The SMILES string of the molecule is C[C@H]1Cn2nc(C34CCC(C#N)(CC3)CC4)cc2-c2cnc([C@@](C)(O)C(F)(F)F)n21. The van der Waals surface area contributed by atoms with Gasteiger partial charge in [0.25, 0.3) is 0 Å². The number of nitriles is 1. The average Bonchev–Trinajstić information content (AvgIpc) is 3.34. The molecule has 160 valence electrons. The van der Waals surface area contributed by atoms with E-state index >= 15 is 0 Å². The van der Waals surface area contributed by atoms with Gasteiger partial charge in [-0.25, -0.2) is 4.98 Å². The van der Waals surface area contributed by atoms with Gasteiger partial charge in [0.05, 0.1) is 47.3 Å². The summed E-state index contributed by atoms with van der Waals surface area (Å²) in [7, 11) is 0. The minimum absolute atomic E-state index is 0.0582. The number of aliphatic hydroxyl groups is 1. The summed E-state index contributed by atoms with van der Waals surface area (Å²) in [5.74, 6) is -0.390. The summed E-state index contributed by atoms with van der Waals surface area (Å²) in [6.45, 7) is 2.97. The van der Waals surface area contributed by atoms with Crippen LogP contribution in [0.2, 0.25) is 0 Å². The molecule has 0 amide bonds. The Morgan fingerprint density at radius 2 is 1.80 bits per heavy atom. The molecular weight excluding hydrogens is 395 g/mol. The molecule has 6 nitrogen and oxygen atoms in total. The Morgan fingerprint density at radius 3 is 2.37 bits per heavy atom. The standard InChI is InChI=1S/C21H24F3N5O/c1-13-11-28-14(15-10-26-17(29(13)15)18(2,30)21(22,23)24)9-16(27-28)20-6-3-19(12-25,4-7-20)5-8-20/h9-10,13,30H,3-8,11H2,1-2H3/t13-,18+,19?,20?/m0/s1. The highest BCUT2D eigenvalue weighted by atomic mass is 19.4. The van der Waals surface area contributed by atoms with E-state index in [0.29, 0.717) is 12.2 Å². The topological polar surface area (TPSA) is 79.7 Å². The third-order valence-electron chi connectivity index (χ3n) is 7.73. The maximum Gasteiger partial charge on any atom is 0.424 e. The molecule has 2 bridgehead atoms. The van der Waals surface area contributed by atoms with Crippen LogP contribution in [-0.2, 0) is 17.6 Å². The first-order valence-electron chi connectivity index (χ1n) is 10.4. The zero-order valence-electron chi connectivity index (χ0n) is 17.0. The molecule has 2 aromatic rings. The first-order chi connectivity index (χ1) is 14.0. The molecule has 1 N–H and O–H groups in total. The maximum absolute atomic E-state index is 13.5. The van der Waals surface area contributed by atoms with Crippen LogP contribution in [-0.4, -0.2) is 30.6 Å². The van der Waals surface area contributed by atoms with Crippen molar-refractivity contribution in [1.82, 2.24) is 19.3 Å². The fourth-order valence-electron chi connectivity index (χ4n) is 5.57. The van der Waals surface area contributed by atoms with Crippen molar-refractivity contribution in [2.45, 2.75) is 82.2 Å². The quantitative estimate of drug-likeness (QED) is 0.791. The van der Waals surface area contributed by atoms with Crippen LogP contribution in [0.5, 0.6) is 0 Å². The second-order valence-electron chi connectivity index (χ2n) is 9.53. The second kappa shape index (κ2) is 5.88. The van der Waals surface area contributed by atoms with Crippen molar-refractivity contribution in [2.24, 2.45) is 5.41 Å². The lowest BCUT2D eigenvalue weighted by atomic mass is 9.53. The summed E-state index contributed by atoms with van der Waals surface area (Å²) in [5, 5.41) is 24.6. The Balaban J connectivity index is 1.56. The Kier molecular flexibility index (Phi) is 3.84. The molecule has 3 fully saturated rings. The van der Waals surface area contributed by atoms with Crippen LogP contribution in [0.1, 0.15) is 69.9 Å². The Bertz CT molecular complexity index is 1030. The van der Waals surface area contributed by atoms with E-state index in [1.54, 1.807) is 0 Å². The maximum atomic E-state index is 13.5. The molecule has 2 atom stereocenters. The number of nitrogens with zero attached hydrogens (tertiary/aromatic N) is 5. The molecule has 9 heteroatoms. The smallest absolute Gasteiger partial charge is 0.374 e. The van der Waals surface area contributed by atoms with Crippen LogP contribution in [0.15, 0.2) is 12.3 Å². The molecule has 0 radical (unpaired) electrons. The van der Waals surface area contributed by atoms with Crippen molar-refractivity contribution >= 4 is 0 Å². The number of hydrogen-bond acceptors (Lipinski definition) is 4. The van der Waals surface area contributed by atoms with Crippen molar-refractivity contribution in [1.29, 1.82) is 5.26 Å². The van der Waals surface area contributed by atoms with E-state index in [4.69, 9.17) is 5.10 Å². The van der Waals surface area contributed by atoms with Gasteiger partial charge in [-0.1, -0.05) is 0 Å². The normalized spacial score (nSPS) is 32.2. The van der Waals surface area contributed by atoms with Gasteiger partial charge in [0.15, 0.2) is 5.82 Å². The van der Waals surface area contributed by atoms with Crippen molar-refractivity contribution in [3.05, 3.63) is 23.8 Å². The van der Waals surface area contributed by atoms with Crippen LogP contribution < -0.4 is 0 Å². The molecule has 0 saturated heterocycles. The van der Waals surface area contributed by atoms with Crippen molar-refractivity contribution in [2.75, 3.05) is 0 Å². The molecule has 30 heavy (non-hydrogen) atoms. The minimum atomic E-state index is -4.83. The molecule has 0 aromatic carbocycles. The Labute approximate surface area is 172 Å². The van der Waals surface area contributed by atoms with Crippen LogP contribution in [0.3, 0.4) is 0 Å². The number of aromatic nitrogens is 4. The van der Waals surface area contributed by atoms with Gasteiger partial charge in [-0.05, 0) is 58.4 Å². The third kappa shape index (κ3) is 2.46. The van der Waals surface area contributed by atoms with Gasteiger partial charge in [-0.15, -0.1) is 0 Å². The molecule has 2 aromatic heterocycles. The summed E-state index contributed by atoms with van der Waals surface area (Å²) < 4.78 is 43.7. The van der Waals surface area contributed by atoms with E-state index in [-0.39, 0.29) is 16.9 Å². The van der Waals surface area contributed by atoms with Crippen LogP contribution in [0, 0.1) is 16.7 Å². The summed E-state index contributed by atoms with van der Waals surface area (Å²) in [4.78, 5) is 3.99. The molecule has 4 aliphatic rings. The molecule has 3 heterocycles. The molecular formula is C21H24F3N5O. The van der Waals surface area contributed by atoms with Crippen molar-refractivity contribution in [3.8, 4) is 17.5 Å². The lowest BCUT2D eigenvalue weighted by molar-refractivity contribution is -0.262. The number of fused-ring (bicyclic) bond motifs is 6. The first kappa shape index (κ1) is 19.6. The average molecular weight is 419 g/mol. The van der Waals surface area contributed by atoms with E-state index in [9.17, 15) is 23.5 Å². The molecule has 3 saturated carbocycles. The van der Waals surface area contributed by atoms with E-state index in [1.807, 2.05) is 17.7 Å². The lowest BCUT2D eigenvalue weighted by Crippen LogP contribution is -2.43. The number of imidazole rings is 1. The predicted octanol–water partition coefficient (Wildman–Crippen LogP) is 4.21. The lowest BCUT2D eigenvalue weighted by Gasteiger charge is -2.49. The second-order valence-corrected chi connectivity index (χ2v) is 9.53. The minimum Gasteiger partial charge on any atom is -0.374 e. The number of alkyl halides is 3. The summed E-state index contributed by atoms with van der Waals surface area (Å²) in [6.07, 6.45) is 1.95. The zero-order chi connectivity index (χ0) is 21.5. The number of rotatable bonds is 2.